The first-order chi connectivity index (χ1) is 12.9. The average Bonchev–Trinajstić information content (AvgIpc) is 3.16. The monoisotopic (exact) mass is 412 g/mol. The number of thiophene rings is 1. The predicted molar refractivity (Wildman–Crippen MR) is 95.7 cm³/mol. The molecule has 1 aromatic heterocycles. The molecule has 3 heterocycles. The van der Waals surface area contributed by atoms with Crippen molar-refractivity contribution in [2.45, 2.75) is 17.5 Å². The number of carbonyl (C=O) groups excluding carboxylic acids is 3. The maximum atomic E-state index is 12.8. The maximum absolute atomic E-state index is 12.8. The maximum Gasteiger partial charge on any atom is 0.353 e. The largest absolute Gasteiger partial charge is 0.477 e. The minimum atomic E-state index is -1.68. The van der Waals surface area contributed by atoms with E-state index < -0.39 is 40.5 Å². The molecule has 0 aliphatic carbocycles. The number of hydrogen-bond donors (Lipinski definition) is 2. The van der Waals surface area contributed by atoms with Crippen LogP contribution in [0.5, 0.6) is 0 Å². The van der Waals surface area contributed by atoms with Gasteiger partial charge in [-0.05, 0) is 11.4 Å². The molecule has 1 saturated heterocycles. The molecule has 0 saturated carbocycles. The van der Waals surface area contributed by atoms with Crippen LogP contribution in [0.2, 0.25) is 0 Å². The van der Waals surface area contributed by atoms with E-state index in [-0.39, 0.29) is 17.7 Å². The van der Waals surface area contributed by atoms with E-state index in [1.807, 2.05) is 11.4 Å². The number of ether oxygens (including phenoxy) is 2. The number of carboxylic acids is 1. The van der Waals surface area contributed by atoms with Crippen LogP contribution in [-0.4, -0.2) is 64.8 Å². The molecule has 27 heavy (non-hydrogen) atoms. The summed E-state index contributed by atoms with van der Waals surface area (Å²) >= 11 is 2.52. The van der Waals surface area contributed by atoms with E-state index in [9.17, 15) is 24.3 Å². The van der Waals surface area contributed by atoms with Crippen LogP contribution >= 0.6 is 23.1 Å². The van der Waals surface area contributed by atoms with Gasteiger partial charge in [0, 0.05) is 17.7 Å². The fourth-order valence-electron chi connectivity index (χ4n) is 2.98. The van der Waals surface area contributed by atoms with E-state index in [0.717, 1.165) is 28.6 Å². The standard InChI is InChI=1S/C16H16N2O7S2/c1-24-13(22)9-7-27-15-16(25-2,14(23)18(15)11(9)12(20)21)17-10(19)6-8-4-3-5-26-8/h3-5,15H,6-7H2,1-2H3,(H,17,19)(H,20,21)/t15-,16?/m0/s1. The lowest BCUT2D eigenvalue weighted by atomic mass is 9.98. The molecular formula is C16H16N2O7S2. The molecule has 2 amide bonds. The van der Waals surface area contributed by atoms with Gasteiger partial charge in [-0.25, -0.2) is 9.59 Å². The topological polar surface area (TPSA) is 122 Å². The highest BCUT2D eigenvalue weighted by Gasteiger charge is 2.67. The molecule has 1 aromatic rings. The highest BCUT2D eigenvalue weighted by molar-refractivity contribution is 8.00. The van der Waals surface area contributed by atoms with Gasteiger partial charge in [-0.1, -0.05) is 6.07 Å². The fraction of sp³-hybridized carbons (Fsp3) is 0.375. The van der Waals surface area contributed by atoms with Crippen molar-refractivity contribution in [2.24, 2.45) is 0 Å². The summed E-state index contributed by atoms with van der Waals surface area (Å²) in [6.07, 6.45) is 0.0719. The van der Waals surface area contributed by atoms with Crippen molar-refractivity contribution in [3.63, 3.8) is 0 Å². The highest BCUT2D eigenvalue weighted by Crippen LogP contribution is 2.46. The zero-order valence-electron chi connectivity index (χ0n) is 14.4. The molecule has 2 N–H and O–H groups in total. The molecule has 2 atom stereocenters. The first-order valence-corrected chi connectivity index (χ1v) is 9.67. The summed E-state index contributed by atoms with van der Waals surface area (Å²) in [4.78, 5) is 50.4. The molecule has 0 spiro atoms. The van der Waals surface area contributed by atoms with Crippen molar-refractivity contribution in [3.8, 4) is 0 Å². The predicted octanol–water partition coefficient (Wildman–Crippen LogP) is 0.176. The Balaban J connectivity index is 1.86. The van der Waals surface area contributed by atoms with E-state index in [0.29, 0.717) is 0 Å². The second-order valence-corrected chi connectivity index (χ2v) is 7.81. The minimum absolute atomic E-state index is 0.00859. The molecule has 2 aliphatic rings. The number of esters is 1. The fourth-order valence-corrected chi connectivity index (χ4v) is 5.10. The third-order valence-corrected chi connectivity index (χ3v) is 6.42. The smallest absolute Gasteiger partial charge is 0.353 e. The molecule has 3 rings (SSSR count). The third-order valence-electron chi connectivity index (χ3n) is 4.23. The van der Waals surface area contributed by atoms with E-state index in [2.05, 4.69) is 10.1 Å². The van der Waals surface area contributed by atoms with Crippen LogP contribution in [0, 0.1) is 0 Å². The Bertz CT molecular complexity index is 836. The van der Waals surface area contributed by atoms with Gasteiger partial charge in [-0.3, -0.25) is 14.5 Å². The Hall–Kier alpha value is -2.37. The summed E-state index contributed by atoms with van der Waals surface area (Å²) in [6, 6.07) is 3.60. The van der Waals surface area contributed by atoms with Crippen molar-refractivity contribution >= 4 is 46.9 Å². The number of carboxylic acid groups (broad SMARTS) is 1. The number of hydrogen-bond acceptors (Lipinski definition) is 8. The van der Waals surface area contributed by atoms with Crippen LogP contribution in [-0.2, 0) is 35.1 Å². The van der Waals surface area contributed by atoms with E-state index in [1.165, 1.54) is 18.4 Å². The van der Waals surface area contributed by atoms with Crippen molar-refractivity contribution in [3.05, 3.63) is 33.7 Å². The molecule has 0 aromatic carbocycles. The van der Waals surface area contributed by atoms with Crippen molar-refractivity contribution in [1.29, 1.82) is 0 Å². The van der Waals surface area contributed by atoms with Crippen LogP contribution in [0.1, 0.15) is 4.88 Å². The molecule has 1 fully saturated rings. The zero-order chi connectivity index (χ0) is 19.8. The second-order valence-electron chi connectivity index (χ2n) is 5.71. The Morgan fingerprint density at radius 2 is 2.15 bits per heavy atom. The summed E-state index contributed by atoms with van der Waals surface area (Å²) < 4.78 is 9.93. The number of nitrogens with one attached hydrogen (secondary N) is 1. The number of rotatable bonds is 6. The SMILES string of the molecule is COC(=O)C1=C(C(=O)O)N2C(=O)C(NC(=O)Cc3cccs3)(OC)[C@@H]2SC1. The number of methoxy groups -OCH3 is 2. The number of thioether (sulfide) groups is 1. The molecule has 9 nitrogen and oxygen atoms in total. The molecular weight excluding hydrogens is 396 g/mol. The molecule has 11 heteroatoms. The van der Waals surface area contributed by atoms with Crippen molar-refractivity contribution in [1.82, 2.24) is 10.2 Å². The first kappa shape index (κ1) is 19.4. The van der Waals surface area contributed by atoms with Gasteiger partial charge >= 0.3 is 11.9 Å². The van der Waals surface area contributed by atoms with E-state index >= 15 is 0 Å². The summed E-state index contributed by atoms with van der Waals surface area (Å²) in [6.45, 7) is 0. The summed E-state index contributed by atoms with van der Waals surface area (Å²) in [7, 11) is 2.40. The Morgan fingerprint density at radius 1 is 1.41 bits per heavy atom. The molecule has 144 valence electrons. The van der Waals surface area contributed by atoms with Gasteiger partial charge < -0.3 is 19.9 Å². The quantitative estimate of drug-likeness (QED) is 0.385. The number of fused-ring (bicyclic) bond motifs is 1. The average molecular weight is 412 g/mol. The number of nitrogens with zero attached hydrogens (tertiary/aromatic N) is 1. The number of β-lactam (4-membered cyclic amide) rings is 1. The van der Waals surface area contributed by atoms with Crippen LogP contribution in [0.15, 0.2) is 28.8 Å². The van der Waals surface area contributed by atoms with E-state index in [4.69, 9.17) is 4.74 Å². The summed E-state index contributed by atoms with van der Waals surface area (Å²) in [5, 5.41) is 13.1. The lowest BCUT2D eigenvalue weighted by molar-refractivity contribution is -0.192. The Kier molecular flexibility index (Phi) is 5.27. The van der Waals surface area contributed by atoms with Gasteiger partial charge in [-0.15, -0.1) is 23.1 Å². The highest BCUT2D eigenvalue weighted by atomic mass is 32.2. The Labute approximate surface area is 162 Å². The lowest BCUT2D eigenvalue weighted by Gasteiger charge is -2.55. The van der Waals surface area contributed by atoms with Crippen LogP contribution in [0.4, 0.5) is 0 Å². The third kappa shape index (κ3) is 3.11. The number of carbonyl (C=O) groups is 4. The molecule has 2 aliphatic heterocycles. The molecule has 0 bridgehead atoms. The normalized spacial score (nSPS) is 24.1. The summed E-state index contributed by atoms with van der Waals surface area (Å²) in [5.74, 6) is -3.41. The first-order valence-electron chi connectivity index (χ1n) is 7.74. The van der Waals surface area contributed by atoms with Gasteiger partial charge in [0.2, 0.25) is 5.91 Å². The molecule has 0 radical (unpaired) electrons. The number of amides is 2. The van der Waals surface area contributed by atoms with Crippen LogP contribution in [0.3, 0.4) is 0 Å². The van der Waals surface area contributed by atoms with Gasteiger partial charge in [0.05, 0.1) is 19.1 Å². The summed E-state index contributed by atoms with van der Waals surface area (Å²) in [5.41, 5.74) is -2.24. The van der Waals surface area contributed by atoms with Crippen molar-refractivity contribution in [2.75, 3.05) is 20.0 Å². The van der Waals surface area contributed by atoms with Crippen molar-refractivity contribution < 1.29 is 33.8 Å². The minimum Gasteiger partial charge on any atom is -0.477 e. The van der Waals surface area contributed by atoms with Gasteiger partial charge in [0.25, 0.3) is 11.6 Å². The molecule has 1 unspecified atom stereocenters. The van der Waals surface area contributed by atoms with Crippen LogP contribution in [0.25, 0.3) is 0 Å². The zero-order valence-corrected chi connectivity index (χ0v) is 16.0. The second kappa shape index (κ2) is 7.33. The van der Waals surface area contributed by atoms with Gasteiger partial charge in [-0.2, -0.15) is 0 Å². The number of aliphatic carboxylic acids is 1. The lowest BCUT2D eigenvalue weighted by Crippen LogP contribution is -2.80. The van der Waals surface area contributed by atoms with Crippen LogP contribution < -0.4 is 5.32 Å². The van der Waals surface area contributed by atoms with Gasteiger partial charge in [0.15, 0.2) is 0 Å². The van der Waals surface area contributed by atoms with E-state index in [1.54, 1.807) is 6.07 Å². The van der Waals surface area contributed by atoms with Gasteiger partial charge in [0.1, 0.15) is 11.1 Å². The Morgan fingerprint density at radius 3 is 2.70 bits per heavy atom.